The Kier molecular flexibility index (Phi) is 6.80. The van der Waals surface area contributed by atoms with Crippen LogP contribution < -0.4 is 5.32 Å². The third kappa shape index (κ3) is 5.73. The van der Waals surface area contributed by atoms with Crippen molar-refractivity contribution >= 4 is 5.91 Å². The first-order chi connectivity index (χ1) is 10.6. The van der Waals surface area contributed by atoms with E-state index in [2.05, 4.69) is 22.2 Å². The number of nitrogens with zero attached hydrogens (tertiary/aromatic N) is 2. The molecule has 1 aromatic rings. The minimum atomic E-state index is -0.319. The summed E-state index contributed by atoms with van der Waals surface area (Å²) in [5.41, 5.74) is 0.513. The number of piperazine rings is 1. The summed E-state index contributed by atoms with van der Waals surface area (Å²) >= 11 is 0. The van der Waals surface area contributed by atoms with Gasteiger partial charge in [0.2, 0.25) is 0 Å². The highest BCUT2D eigenvalue weighted by Crippen LogP contribution is 2.04. The number of carbonyl (C=O) groups excluding carboxylic acids is 1. The van der Waals surface area contributed by atoms with Gasteiger partial charge in [-0.1, -0.05) is 6.42 Å². The van der Waals surface area contributed by atoms with Gasteiger partial charge in [0.05, 0.1) is 0 Å². The van der Waals surface area contributed by atoms with Crippen LogP contribution in [0.5, 0.6) is 0 Å². The molecule has 0 spiro atoms. The Morgan fingerprint density at radius 3 is 2.45 bits per heavy atom. The minimum absolute atomic E-state index is 0.126. The predicted octanol–water partition coefficient (Wildman–Crippen LogP) is 1.97. The lowest BCUT2D eigenvalue weighted by molar-refractivity contribution is 0.0952. The Labute approximate surface area is 132 Å². The summed E-state index contributed by atoms with van der Waals surface area (Å²) in [5, 5.41) is 2.88. The highest BCUT2D eigenvalue weighted by Gasteiger charge is 2.12. The largest absolute Gasteiger partial charge is 0.352 e. The van der Waals surface area contributed by atoms with E-state index in [0.717, 1.165) is 45.6 Å². The Balaban J connectivity index is 1.52. The zero-order chi connectivity index (χ0) is 15.8. The van der Waals surface area contributed by atoms with E-state index in [9.17, 15) is 9.18 Å². The molecule has 0 bridgehead atoms. The van der Waals surface area contributed by atoms with Crippen molar-refractivity contribution in [3.8, 4) is 0 Å². The van der Waals surface area contributed by atoms with Crippen molar-refractivity contribution in [3.05, 3.63) is 35.6 Å². The second-order valence-electron chi connectivity index (χ2n) is 5.97. The number of halogens is 1. The minimum Gasteiger partial charge on any atom is -0.352 e. The molecule has 0 radical (unpaired) electrons. The first-order valence-electron chi connectivity index (χ1n) is 8.10. The molecule has 1 fully saturated rings. The van der Waals surface area contributed by atoms with Gasteiger partial charge in [-0.15, -0.1) is 0 Å². The molecule has 2 rings (SSSR count). The third-order valence-electron chi connectivity index (χ3n) is 4.14. The zero-order valence-corrected chi connectivity index (χ0v) is 13.4. The number of rotatable bonds is 7. The molecule has 122 valence electrons. The highest BCUT2D eigenvalue weighted by atomic mass is 19.1. The topological polar surface area (TPSA) is 35.6 Å². The number of likely N-dealkylation sites (N-methyl/N-ethyl adjacent to an activating group) is 1. The number of benzene rings is 1. The summed E-state index contributed by atoms with van der Waals surface area (Å²) in [5.74, 6) is -0.445. The van der Waals surface area contributed by atoms with Gasteiger partial charge in [-0.2, -0.15) is 0 Å². The van der Waals surface area contributed by atoms with E-state index in [1.807, 2.05) is 0 Å². The number of nitrogens with one attached hydrogen (secondary N) is 1. The maximum atomic E-state index is 12.8. The van der Waals surface area contributed by atoms with Crippen molar-refractivity contribution in [2.24, 2.45) is 0 Å². The van der Waals surface area contributed by atoms with E-state index in [1.54, 1.807) is 0 Å². The lowest BCUT2D eigenvalue weighted by Crippen LogP contribution is -2.44. The number of amides is 1. The van der Waals surface area contributed by atoms with Gasteiger partial charge in [-0.25, -0.2) is 4.39 Å². The molecule has 0 aliphatic carbocycles. The lowest BCUT2D eigenvalue weighted by atomic mass is 10.2. The number of carbonyl (C=O) groups is 1. The van der Waals surface area contributed by atoms with Crippen molar-refractivity contribution < 1.29 is 9.18 Å². The van der Waals surface area contributed by atoms with Crippen molar-refractivity contribution in [2.75, 3.05) is 46.3 Å². The van der Waals surface area contributed by atoms with Crippen LogP contribution in [0.25, 0.3) is 0 Å². The Bertz CT molecular complexity index is 455. The smallest absolute Gasteiger partial charge is 0.251 e. The summed E-state index contributed by atoms with van der Waals surface area (Å²) in [6.45, 7) is 6.48. The molecule has 1 amide bonds. The van der Waals surface area contributed by atoms with Crippen molar-refractivity contribution in [1.29, 1.82) is 0 Å². The van der Waals surface area contributed by atoms with E-state index in [4.69, 9.17) is 0 Å². The van der Waals surface area contributed by atoms with Gasteiger partial charge in [0.15, 0.2) is 0 Å². The summed E-state index contributed by atoms with van der Waals surface area (Å²) in [6, 6.07) is 5.64. The van der Waals surface area contributed by atoms with Gasteiger partial charge in [0.1, 0.15) is 5.82 Å². The fraction of sp³-hybridized carbons (Fsp3) is 0.588. The van der Waals surface area contributed by atoms with Crippen molar-refractivity contribution in [3.63, 3.8) is 0 Å². The molecule has 0 saturated carbocycles. The van der Waals surface area contributed by atoms with E-state index >= 15 is 0 Å². The maximum absolute atomic E-state index is 12.8. The van der Waals surface area contributed by atoms with Gasteiger partial charge >= 0.3 is 0 Å². The van der Waals surface area contributed by atoms with Gasteiger partial charge in [0, 0.05) is 38.3 Å². The molecule has 1 aliphatic heterocycles. The molecule has 1 aromatic carbocycles. The van der Waals surface area contributed by atoms with Crippen LogP contribution >= 0.6 is 0 Å². The summed E-state index contributed by atoms with van der Waals surface area (Å²) in [7, 11) is 2.17. The van der Waals surface area contributed by atoms with Gasteiger partial charge in [0.25, 0.3) is 5.91 Å². The summed E-state index contributed by atoms with van der Waals surface area (Å²) < 4.78 is 12.8. The maximum Gasteiger partial charge on any atom is 0.251 e. The standard InChI is InChI=1S/C17H26FN3O/c1-20-11-13-21(14-12-20)10-4-2-3-9-19-17(22)15-5-7-16(18)8-6-15/h5-8H,2-4,9-14H2,1H3,(H,19,22). The predicted molar refractivity (Wildman–Crippen MR) is 86.5 cm³/mol. The quantitative estimate of drug-likeness (QED) is 0.782. The highest BCUT2D eigenvalue weighted by molar-refractivity contribution is 5.94. The van der Waals surface area contributed by atoms with E-state index in [-0.39, 0.29) is 11.7 Å². The van der Waals surface area contributed by atoms with Crippen LogP contribution in [0.2, 0.25) is 0 Å². The molecule has 1 N–H and O–H groups in total. The average molecular weight is 307 g/mol. The number of hydrogen-bond acceptors (Lipinski definition) is 3. The molecule has 5 heteroatoms. The molecular weight excluding hydrogens is 281 g/mol. The SMILES string of the molecule is CN1CCN(CCCCCNC(=O)c2ccc(F)cc2)CC1. The van der Waals surface area contributed by atoms with Crippen molar-refractivity contribution in [2.45, 2.75) is 19.3 Å². The molecule has 0 atom stereocenters. The lowest BCUT2D eigenvalue weighted by Gasteiger charge is -2.32. The molecule has 22 heavy (non-hydrogen) atoms. The summed E-state index contributed by atoms with van der Waals surface area (Å²) in [6.07, 6.45) is 3.28. The second kappa shape index (κ2) is 8.86. The van der Waals surface area contributed by atoms with E-state index < -0.39 is 0 Å². The molecule has 4 nitrogen and oxygen atoms in total. The fourth-order valence-corrected chi connectivity index (χ4v) is 2.61. The third-order valence-corrected chi connectivity index (χ3v) is 4.14. The monoisotopic (exact) mass is 307 g/mol. The van der Waals surface area contributed by atoms with Crippen molar-refractivity contribution in [1.82, 2.24) is 15.1 Å². The van der Waals surface area contributed by atoms with E-state index in [0.29, 0.717) is 12.1 Å². The molecule has 0 unspecified atom stereocenters. The summed E-state index contributed by atoms with van der Waals surface area (Å²) in [4.78, 5) is 16.7. The molecule has 1 saturated heterocycles. The normalized spacial score (nSPS) is 16.6. The second-order valence-corrected chi connectivity index (χ2v) is 5.97. The van der Waals surface area contributed by atoms with Crippen LogP contribution in [0.15, 0.2) is 24.3 Å². The van der Waals surface area contributed by atoms with Gasteiger partial charge < -0.3 is 15.1 Å². The number of hydrogen-bond donors (Lipinski definition) is 1. The van der Waals surface area contributed by atoms with Crippen LogP contribution in [0.1, 0.15) is 29.6 Å². The van der Waals surface area contributed by atoms with Crippen LogP contribution in [-0.4, -0.2) is 62.0 Å². The Morgan fingerprint density at radius 2 is 1.77 bits per heavy atom. The zero-order valence-electron chi connectivity index (χ0n) is 13.4. The van der Waals surface area contributed by atoms with Crippen LogP contribution in [0.3, 0.4) is 0 Å². The number of unbranched alkanes of at least 4 members (excludes halogenated alkanes) is 2. The molecule has 1 heterocycles. The van der Waals surface area contributed by atoms with E-state index in [1.165, 1.54) is 30.7 Å². The Hall–Kier alpha value is -1.46. The first kappa shape index (κ1) is 16.9. The van der Waals surface area contributed by atoms with Gasteiger partial charge in [-0.05, 0) is 50.7 Å². The molecular formula is C17H26FN3O. The Morgan fingerprint density at radius 1 is 1.09 bits per heavy atom. The van der Waals surface area contributed by atoms with Crippen LogP contribution in [0, 0.1) is 5.82 Å². The fourth-order valence-electron chi connectivity index (χ4n) is 2.61. The average Bonchev–Trinajstić information content (AvgIpc) is 2.53. The van der Waals surface area contributed by atoms with Crippen LogP contribution in [-0.2, 0) is 0 Å². The molecule has 0 aromatic heterocycles. The van der Waals surface area contributed by atoms with Gasteiger partial charge in [-0.3, -0.25) is 4.79 Å². The first-order valence-corrected chi connectivity index (χ1v) is 8.10. The molecule has 1 aliphatic rings. The van der Waals surface area contributed by atoms with Crippen LogP contribution in [0.4, 0.5) is 4.39 Å².